The molecule has 2 N–H and O–H groups in total. The second kappa shape index (κ2) is 8.63. The largest absolute Gasteiger partial charge is 0.377 e. The van der Waals surface area contributed by atoms with Crippen LogP contribution >= 0.6 is 0 Å². The van der Waals surface area contributed by atoms with Gasteiger partial charge in [-0.05, 0) is 37.1 Å². The highest BCUT2D eigenvalue weighted by Crippen LogP contribution is 2.27. The van der Waals surface area contributed by atoms with Gasteiger partial charge in [-0.3, -0.25) is 4.79 Å². The lowest BCUT2D eigenvalue weighted by Gasteiger charge is -2.19. The highest BCUT2D eigenvalue weighted by molar-refractivity contribution is 5.96. The first kappa shape index (κ1) is 18.8. The fourth-order valence-corrected chi connectivity index (χ4v) is 2.98. The number of carbonyl (C=O) groups excluding carboxylic acids is 2. The van der Waals surface area contributed by atoms with E-state index in [-0.39, 0.29) is 18.5 Å². The van der Waals surface area contributed by atoms with Crippen LogP contribution in [0.5, 0.6) is 0 Å². The summed E-state index contributed by atoms with van der Waals surface area (Å²) in [5, 5.41) is 9.29. The van der Waals surface area contributed by atoms with Crippen LogP contribution in [0.4, 0.5) is 16.2 Å². The molecule has 0 radical (unpaired) electrons. The van der Waals surface area contributed by atoms with Crippen molar-refractivity contribution < 1.29 is 18.8 Å². The SMILES string of the molecule is COCc1noc(CCNC(=O)Nc2ccc(N3CCCC3=O)c(C)c2)n1. The molecule has 0 unspecified atom stereocenters. The number of carbonyl (C=O) groups is 2. The van der Waals surface area contributed by atoms with Crippen molar-refractivity contribution in [3.8, 4) is 0 Å². The number of methoxy groups -OCH3 is 1. The topological polar surface area (TPSA) is 110 Å². The van der Waals surface area contributed by atoms with Gasteiger partial charge in [0.1, 0.15) is 6.61 Å². The Bertz CT molecular complexity index is 820. The molecule has 3 amide bonds. The Morgan fingerprint density at radius 1 is 1.41 bits per heavy atom. The van der Waals surface area contributed by atoms with Crippen LogP contribution in [0.25, 0.3) is 0 Å². The zero-order valence-corrected chi connectivity index (χ0v) is 15.4. The van der Waals surface area contributed by atoms with Crippen LogP contribution in [0, 0.1) is 6.92 Å². The highest BCUT2D eigenvalue weighted by atomic mass is 16.5. The average molecular weight is 373 g/mol. The van der Waals surface area contributed by atoms with Gasteiger partial charge in [-0.15, -0.1) is 0 Å². The Kier molecular flexibility index (Phi) is 6.02. The van der Waals surface area contributed by atoms with E-state index in [4.69, 9.17) is 9.26 Å². The number of anilines is 2. The summed E-state index contributed by atoms with van der Waals surface area (Å²) in [5.74, 6) is 1.06. The van der Waals surface area contributed by atoms with Gasteiger partial charge in [0.25, 0.3) is 0 Å². The summed E-state index contributed by atoms with van der Waals surface area (Å²) in [4.78, 5) is 29.9. The number of aromatic nitrogens is 2. The molecule has 1 saturated heterocycles. The number of benzene rings is 1. The molecule has 2 heterocycles. The number of nitrogens with one attached hydrogen (secondary N) is 2. The third-order valence-corrected chi connectivity index (χ3v) is 4.23. The zero-order valence-electron chi connectivity index (χ0n) is 15.4. The normalized spacial score (nSPS) is 13.9. The minimum Gasteiger partial charge on any atom is -0.377 e. The average Bonchev–Trinajstić information content (AvgIpc) is 3.25. The maximum atomic E-state index is 12.0. The lowest BCUT2D eigenvalue weighted by Crippen LogP contribution is -2.30. The summed E-state index contributed by atoms with van der Waals surface area (Å²) in [6, 6.07) is 5.19. The van der Waals surface area contributed by atoms with Crippen LogP contribution in [0.3, 0.4) is 0 Å². The zero-order chi connectivity index (χ0) is 19.2. The number of amides is 3. The fraction of sp³-hybridized carbons (Fsp3) is 0.444. The molecule has 1 aliphatic heterocycles. The first-order valence-electron chi connectivity index (χ1n) is 8.83. The van der Waals surface area contributed by atoms with Crippen LogP contribution < -0.4 is 15.5 Å². The first-order chi connectivity index (χ1) is 13.1. The molecule has 1 aromatic heterocycles. The smallest absolute Gasteiger partial charge is 0.319 e. The van der Waals surface area contributed by atoms with Crippen molar-refractivity contribution in [1.29, 1.82) is 0 Å². The van der Waals surface area contributed by atoms with Gasteiger partial charge in [0.2, 0.25) is 11.8 Å². The van der Waals surface area contributed by atoms with Crippen LogP contribution in [-0.4, -0.2) is 42.3 Å². The van der Waals surface area contributed by atoms with E-state index in [1.165, 1.54) is 0 Å². The van der Waals surface area contributed by atoms with Gasteiger partial charge in [0.15, 0.2) is 5.82 Å². The molecule has 0 atom stereocenters. The molecule has 1 aliphatic rings. The Balaban J connectivity index is 1.48. The quantitative estimate of drug-likeness (QED) is 0.768. The molecule has 3 rings (SSSR count). The van der Waals surface area contributed by atoms with E-state index in [2.05, 4.69) is 20.8 Å². The predicted molar refractivity (Wildman–Crippen MR) is 98.5 cm³/mol. The Hall–Kier alpha value is -2.94. The van der Waals surface area contributed by atoms with Gasteiger partial charge >= 0.3 is 6.03 Å². The van der Waals surface area contributed by atoms with E-state index >= 15 is 0 Å². The minimum absolute atomic E-state index is 0.145. The molecule has 0 aliphatic carbocycles. The molecular formula is C18H23N5O4. The summed E-state index contributed by atoms with van der Waals surface area (Å²) < 4.78 is 9.98. The molecule has 1 aromatic carbocycles. The molecule has 0 bridgehead atoms. The van der Waals surface area contributed by atoms with E-state index in [9.17, 15) is 9.59 Å². The number of urea groups is 1. The van der Waals surface area contributed by atoms with Gasteiger partial charge < -0.3 is 24.8 Å². The van der Waals surface area contributed by atoms with E-state index in [1.54, 1.807) is 18.1 Å². The van der Waals surface area contributed by atoms with Crippen LogP contribution in [-0.2, 0) is 22.6 Å². The lowest BCUT2D eigenvalue weighted by molar-refractivity contribution is -0.117. The van der Waals surface area contributed by atoms with Crippen LogP contribution in [0.15, 0.2) is 22.7 Å². The Morgan fingerprint density at radius 3 is 2.96 bits per heavy atom. The van der Waals surface area contributed by atoms with E-state index in [0.29, 0.717) is 36.8 Å². The number of ether oxygens (including phenoxy) is 1. The fourth-order valence-electron chi connectivity index (χ4n) is 2.98. The standard InChI is InChI=1S/C18H23N5O4/c1-12-10-13(5-6-14(12)23-9-3-4-17(23)24)20-18(25)19-8-7-16-21-15(11-26-2)22-27-16/h5-6,10H,3-4,7-9,11H2,1-2H3,(H2,19,20,25). The first-order valence-corrected chi connectivity index (χ1v) is 8.83. The Labute approximate surface area is 157 Å². The van der Waals surface area contributed by atoms with Gasteiger partial charge in [0.05, 0.1) is 0 Å². The third kappa shape index (κ3) is 4.82. The highest BCUT2D eigenvalue weighted by Gasteiger charge is 2.23. The van der Waals surface area contributed by atoms with Crippen molar-refractivity contribution in [2.75, 3.05) is 30.4 Å². The number of aryl methyl sites for hydroxylation is 1. The second-order valence-corrected chi connectivity index (χ2v) is 6.32. The number of hydrogen-bond acceptors (Lipinski definition) is 6. The molecule has 1 fully saturated rings. The van der Waals surface area contributed by atoms with Crippen LogP contribution in [0.2, 0.25) is 0 Å². The molecule has 144 valence electrons. The summed E-state index contributed by atoms with van der Waals surface area (Å²) in [6.07, 6.45) is 1.90. The van der Waals surface area contributed by atoms with E-state index in [0.717, 1.165) is 24.2 Å². The maximum Gasteiger partial charge on any atom is 0.319 e. The summed E-state index contributed by atoms with van der Waals surface area (Å²) in [6.45, 7) is 3.32. The van der Waals surface area contributed by atoms with Gasteiger partial charge in [-0.1, -0.05) is 5.16 Å². The Morgan fingerprint density at radius 2 is 2.26 bits per heavy atom. The number of hydrogen-bond donors (Lipinski definition) is 2. The summed E-state index contributed by atoms with van der Waals surface area (Å²) in [7, 11) is 1.55. The minimum atomic E-state index is -0.323. The number of rotatable bonds is 7. The van der Waals surface area contributed by atoms with Gasteiger partial charge in [-0.2, -0.15) is 4.98 Å². The molecule has 9 nitrogen and oxygen atoms in total. The van der Waals surface area contributed by atoms with Crippen molar-refractivity contribution in [1.82, 2.24) is 15.5 Å². The molecule has 0 spiro atoms. The van der Waals surface area contributed by atoms with Crippen LogP contribution in [0.1, 0.15) is 30.1 Å². The van der Waals surface area contributed by atoms with Gasteiger partial charge in [-0.25, -0.2) is 4.79 Å². The molecule has 27 heavy (non-hydrogen) atoms. The molecule has 9 heteroatoms. The van der Waals surface area contributed by atoms with Crippen molar-refractivity contribution in [3.05, 3.63) is 35.5 Å². The van der Waals surface area contributed by atoms with Crippen molar-refractivity contribution >= 4 is 23.3 Å². The third-order valence-electron chi connectivity index (χ3n) is 4.23. The van der Waals surface area contributed by atoms with Crippen molar-refractivity contribution in [3.63, 3.8) is 0 Å². The van der Waals surface area contributed by atoms with Gasteiger partial charge in [0, 0.05) is 44.4 Å². The second-order valence-electron chi connectivity index (χ2n) is 6.32. The predicted octanol–water partition coefficient (Wildman–Crippen LogP) is 2.02. The van der Waals surface area contributed by atoms with E-state index < -0.39 is 0 Å². The van der Waals surface area contributed by atoms with E-state index in [1.807, 2.05) is 19.1 Å². The van der Waals surface area contributed by atoms with Crippen molar-refractivity contribution in [2.45, 2.75) is 32.8 Å². The summed E-state index contributed by atoms with van der Waals surface area (Å²) >= 11 is 0. The summed E-state index contributed by atoms with van der Waals surface area (Å²) in [5.41, 5.74) is 2.51. The monoisotopic (exact) mass is 373 g/mol. The number of nitrogens with zero attached hydrogens (tertiary/aromatic N) is 3. The lowest BCUT2D eigenvalue weighted by atomic mass is 10.1. The van der Waals surface area contributed by atoms with Crippen molar-refractivity contribution in [2.24, 2.45) is 0 Å². The maximum absolute atomic E-state index is 12.0. The molecule has 0 saturated carbocycles. The molecule has 2 aromatic rings. The molecular weight excluding hydrogens is 350 g/mol.